The Kier molecular flexibility index (Phi) is 40.4. The summed E-state index contributed by atoms with van der Waals surface area (Å²) in [4.78, 5) is 96.0. The van der Waals surface area contributed by atoms with Crippen molar-refractivity contribution in [3.8, 4) is 11.8 Å². The number of para-hydroxylation sites is 1. The van der Waals surface area contributed by atoms with Crippen LogP contribution in [0.4, 0.5) is 5.69 Å². The van der Waals surface area contributed by atoms with Crippen molar-refractivity contribution in [2.24, 2.45) is 27.6 Å². The third-order valence-corrected chi connectivity index (χ3v) is 14.8. The molecule has 0 spiro atoms. The topological polar surface area (TPSA) is 343 Å². The van der Waals surface area contributed by atoms with Gasteiger partial charge in [-0.2, -0.15) is 5.10 Å². The quantitative estimate of drug-likeness (QED) is 0.0164. The van der Waals surface area contributed by atoms with Gasteiger partial charge in [0.05, 0.1) is 164 Å². The minimum Gasteiger partial charge on any atom is -0.379 e. The number of unbranched alkanes of at least 4 members (excludes halogenated alkanes) is 1. The van der Waals surface area contributed by atoms with Gasteiger partial charge in [-0.25, -0.2) is 0 Å². The van der Waals surface area contributed by atoms with Crippen molar-refractivity contribution in [2.75, 3.05) is 171 Å². The number of nitrogens with zero attached hydrogens (tertiary/aromatic N) is 4. The SMILES string of the molecule is CC(C)[C@H](NC(=O)[C@@H](CCCCNC(=O)COC1CCCCCC(=NCCOCCOCCOCCOCCC(=O)NCC[N+](C)(C)C)C1=NN)NC(=O)CCOCCOCCOCCOCCNC(=O)CCC(=O)N1Cc2ccccc2C#Cc2ccccc21)C(N)=O. The Hall–Kier alpha value is -6.97. The fourth-order valence-electron chi connectivity index (χ4n) is 9.65. The first-order valence-corrected chi connectivity index (χ1v) is 33.0. The fourth-order valence-corrected chi connectivity index (χ4v) is 9.65. The monoisotopic (exact) mass is 1320 g/mol. The lowest BCUT2D eigenvalue weighted by Crippen LogP contribution is -2.54. The average molecular weight is 1320 g/mol. The number of hydrazone groups is 1. The van der Waals surface area contributed by atoms with Crippen LogP contribution in [0.15, 0.2) is 58.6 Å². The summed E-state index contributed by atoms with van der Waals surface area (Å²) in [5.41, 5.74) is 10.1. The van der Waals surface area contributed by atoms with E-state index >= 15 is 0 Å². The van der Waals surface area contributed by atoms with E-state index < -0.39 is 35.9 Å². The van der Waals surface area contributed by atoms with Gasteiger partial charge in [0.25, 0.3) is 0 Å². The van der Waals surface area contributed by atoms with Crippen LogP contribution in [0, 0.1) is 17.8 Å². The Labute approximate surface area is 555 Å². The predicted molar refractivity (Wildman–Crippen MR) is 355 cm³/mol. The molecule has 1 unspecified atom stereocenters. The van der Waals surface area contributed by atoms with Gasteiger partial charge in [-0.05, 0) is 68.2 Å². The second-order valence-corrected chi connectivity index (χ2v) is 23.9. The van der Waals surface area contributed by atoms with Gasteiger partial charge in [0.2, 0.25) is 41.4 Å². The largest absolute Gasteiger partial charge is 0.379 e. The van der Waals surface area contributed by atoms with Gasteiger partial charge in [-0.1, -0.05) is 68.9 Å². The van der Waals surface area contributed by atoms with Gasteiger partial charge in [0.15, 0.2) is 0 Å². The lowest BCUT2D eigenvalue weighted by atomic mass is 9.95. The average Bonchev–Trinajstić information content (AvgIpc) is 0.819. The van der Waals surface area contributed by atoms with E-state index in [0.717, 1.165) is 58.4 Å². The maximum Gasteiger partial charge on any atom is 0.246 e. The minimum atomic E-state index is -0.980. The number of aliphatic imine (C=N–C) groups is 1. The number of anilines is 1. The number of carbonyl (C=O) groups is 7. The fraction of sp³-hybridized carbons (Fsp3) is 0.657. The number of ether oxygens (including phenoxy) is 9. The van der Waals surface area contributed by atoms with Gasteiger partial charge in [0.1, 0.15) is 30.5 Å². The van der Waals surface area contributed by atoms with Crippen molar-refractivity contribution in [3.05, 3.63) is 65.2 Å². The first kappa shape index (κ1) is 79.5. The molecule has 0 saturated heterocycles. The van der Waals surface area contributed by atoms with Crippen LogP contribution >= 0.6 is 0 Å². The molecule has 1 saturated carbocycles. The van der Waals surface area contributed by atoms with E-state index in [4.69, 9.17) is 59.2 Å². The molecule has 2 aromatic carbocycles. The van der Waals surface area contributed by atoms with Crippen LogP contribution in [0.1, 0.15) is 108 Å². The van der Waals surface area contributed by atoms with E-state index in [1.807, 2.05) is 48.5 Å². The Morgan fingerprint density at radius 1 is 0.606 bits per heavy atom. The highest BCUT2D eigenvalue weighted by molar-refractivity contribution is 6.44. The van der Waals surface area contributed by atoms with Gasteiger partial charge < -0.3 is 90.2 Å². The molecule has 0 bridgehead atoms. The number of quaternary nitrogens is 1. The summed E-state index contributed by atoms with van der Waals surface area (Å²) in [7, 11) is 6.23. The lowest BCUT2D eigenvalue weighted by molar-refractivity contribution is -0.869. The van der Waals surface area contributed by atoms with Crippen molar-refractivity contribution in [1.82, 2.24) is 26.6 Å². The van der Waals surface area contributed by atoms with E-state index in [0.29, 0.717) is 137 Å². The van der Waals surface area contributed by atoms with Gasteiger partial charge in [-0.15, -0.1) is 0 Å². The summed E-state index contributed by atoms with van der Waals surface area (Å²) < 4.78 is 51.5. The van der Waals surface area contributed by atoms with Crippen LogP contribution in [0.3, 0.4) is 0 Å². The summed E-state index contributed by atoms with van der Waals surface area (Å²) >= 11 is 0. The molecular formula is C67H106N11O16+. The molecular weight excluding hydrogens is 1210 g/mol. The third kappa shape index (κ3) is 35.0. The van der Waals surface area contributed by atoms with E-state index in [1.165, 1.54) is 0 Å². The number of amides is 7. The first-order valence-electron chi connectivity index (χ1n) is 33.0. The summed E-state index contributed by atoms with van der Waals surface area (Å²) in [6.07, 6.45) is 5.00. The number of primary amides is 1. The van der Waals surface area contributed by atoms with Crippen molar-refractivity contribution < 1.29 is 80.7 Å². The number of nitrogens with one attached hydrogen (secondary N) is 5. The van der Waals surface area contributed by atoms with Crippen LogP contribution < -0.4 is 43.1 Å². The molecule has 9 N–H and O–H groups in total. The molecule has 27 heteroatoms. The van der Waals surface area contributed by atoms with Crippen molar-refractivity contribution >= 4 is 58.5 Å². The molecule has 1 heterocycles. The number of benzene rings is 2. The highest BCUT2D eigenvalue weighted by Crippen LogP contribution is 2.26. The summed E-state index contributed by atoms with van der Waals surface area (Å²) in [5.74, 6) is 9.54. The van der Waals surface area contributed by atoms with Gasteiger partial charge >= 0.3 is 0 Å². The molecule has 1 aliphatic carbocycles. The number of carbonyl (C=O) groups excluding carboxylic acids is 7. The molecule has 3 atom stereocenters. The molecule has 0 radical (unpaired) electrons. The van der Waals surface area contributed by atoms with Crippen LogP contribution in [0.25, 0.3) is 0 Å². The zero-order valence-electron chi connectivity index (χ0n) is 56.2. The Bertz CT molecular complexity index is 2720. The van der Waals surface area contributed by atoms with E-state index in [1.54, 1.807) is 18.7 Å². The lowest BCUT2D eigenvalue weighted by Gasteiger charge is -2.26. The summed E-state index contributed by atoms with van der Waals surface area (Å²) in [6, 6.07) is 13.3. The van der Waals surface area contributed by atoms with Crippen molar-refractivity contribution in [1.29, 1.82) is 0 Å². The number of likely N-dealkylation sites (N-methyl/N-ethyl adjacent to an activating group) is 1. The molecule has 7 amide bonds. The number of hydrogen-bond acceptors (Lipinski definition) is 19. The van der Waals surface area contributed by atoms with Gasteiger partial charge in [0, 0.05) is 49.9 Å². The first-order chi connectivity index (χ1) is 45.4. The normalized spacial score (nSPS) is 15.5. The minimum absolute atomic E-state index is 0.0250. The molecule has 2 aromatic rings. The van der Waals surface area contributed by atoms with E-state index in [-0.39, 0.29) is 101 Å². The maximum atomic E-state index is 13.4. The van der Waals surface area contributed by atoms with E-state index in [9.17, 15) is 33.6 Å². The highest BCUT2D eigenvalue weighted by Gasteiger charge is 2.29. The summed E-state index contributed by atoms with van der Waals surface area (Å²) in [6.45, 7) is 11.2. The second kappa shape index (κ2) is 47.8. The summed E-state index contributed by atoms with van der Waals surface area (Å²) in [5, 5.41) is 18.1. The predicted octanol–water partition coefficient (Wildman–Crippen LogP) is 2.07. The molecule has 4 rings (SSSR count). The second-order valence-electron chi connectivity index (χ2n) is 23.9. The number of fused-ring (bicyclic) bond motifs is 2. The number of nitrogens with two attached hydrogens (primary N) is 2. The molecule has 27 nitrogen and oxygen atoms in total. The zero-order valence-corrected chi connectivity index (χ0v) is 56.2. The number of rotatable bonds is 49. The maximum absolute atomic E-state index is 13.4. The molecule has 94 heavy (non-hydrogen) atoms. The third-order valence-electron chi connectivity index (χ3n) is 14.8. The molecule has 1 fully saturated rings. The smallest absolute Gasteiger partial charge is 0.246 e. The zero-order chi connectivity index (χ0) is 68.0. The van der Waals surface area contributed by atoms with Crippen LogP contribution in [-0.4, -0.2) is 242 Å². The Morgan fingerprint density at radius 3 is 1.79 bits per heavy atom. The molecule has 2 aliphatic rings. The molecule has 524 valence electrons. The Morgan fingerprint density at radius 2 is 1.16 bits per heavy atom. The van der Waals surface area contributed by atoms with Crippen molar-refractivity contribution in [2.45, 2.75) is 116 Å². The van der Waals surface area contributed by atoms with Crippen LogP contribution in [0.2, 0.25) is 0 Å². The van der Waals surface area contributed by atoms with E-state index in [2.05, 4.69) is 64.7 Å². The molecule has 0 aromatic heterocycles. The molecule has 1 aliphatic heterocycles. The Balaban J connectivity index is 1.01. The standard InChI is InChI=1S/C67H105N11O16/c1-51(2)64(66(68)84)75-67(85)56(74-61(81)27-34-87-38-42-91-46-48-93-44-40-89-36-31-73-59(79)24-25-63(83)77-49-54-17-10-9-15-52(54)22-23-53-16-11-12-20-57(53)77)19-13-14-28-71-62(82)50-94-58-21-8-6-7-18-55(65(58)76-69)70-30-35-88-39-43-92-47-45-90-41-37-86-33-26-60(80)72-29-32-78(3,4)5/h9-12,15-17,20,51,56,58,64H,6-8,13-14,18-19,21,24-50H2,1-5H3,(H8-,68,69,70,71,72,73,74,75,79,80,81,82,84,85)/p+1/t56-,58?,64+/m1/s1. The number of hydrogen-bond donors (Lipinski definition) is 7. The van der Waals surface area contributed by atoms with Crippen LogP contribution in [-0.2, 0) is 82.7 Å². The van der Waals surface area contributed by atoms with Gasteiger partial charge in [-0.3, -0.25) is 38.6 Å². The van der Waals surface area contributed by atoms with Crippen molar-refractivity contribution in [3.63, 3.8) is 0 Å². The highest BCUT2D eigenvalue weighted by atomic mass is 16.6. The van der Waals surface area contributed by atoms with Crippen LogP contribution in [0.5, 0.6) is 0 Å².